The zero-order chi connectivity index (χ0) is 13.9. The number of ether oxygens (including phenoxy) is 1. The number of esters is 1. The van der Waals surface area contributed by atoms with Crippen LogP contribution in [0.4, 0.5) is 0 Å². The zero-order valence-electron chi connectivity index (χ0n) is 12.0. The van der Waals surface area contributed by atoms with Crippen molar-refractivity contribution < 1.29 is 22.8 Å². The van der Waals surface area contributed by atoms with Gasteiger partial charge in [0.15, 0.2) is 6.79 Å². The van der Waals surface area contributed by atoms with E-state index in [4.69, 9.17) is 18.0 Å². The molecular weight excluding hydrogens is 252 g/mol. The smallest absolute Gasteiger partial charge is 0.439 e. The minimum Gasteiger partial charge on any atom is -0.439 e. The van der Waals surface area contributed by atoms with Gasteiger partial charge in [0.2, 0.25) is 0 Å². The number of hydrogen-bond acceptors (Lipinski definition) is 5. The van der Waals surface area contributed by atoms with Crippen molar-refractivity contribution in [2.45, 2.75) is 52.0 Å². The number of unbranched alkanes of at least 4 members (excludes halogenated alkanes) is 3. The van der Waals surface area contributed by atoms with Crippen molar-refractivity contribution in [3.63, 3.8) is 0 Å². The molecule has 0 atom stereocenters. The lowest BCUT2D eigenvalue weighted by atomic mass is 10.2. The average Bonchev–Trinajstić information content (AvgIpc) is 2.41. The second-order valence-electron chi connectivity index (χ2n) is 4.03. The van der Waals surface area contributed by atoms with Crippen LogP contribution in [0.3, 0.4) is 0 Å². The normalized spacial score (nSPS) is 11.6. The van der Waals surface area contributed by atoms with E-state index in [2.05, 4.69) is 6.92 Å². The quantitative estimate of drug-likeness (QED) is 0.252. The first-order chi connectivity index (χ1) is 8.64. The van der Waals surface area contributed by atoms with Gasteiger partial charge in [-0.1, -0.05) is 33.1 Å². The fraction of sp³-hybridized carbons (Fsp3) is 0.917. The van der Waals surface area contributed by atoms with Crippen LogP contribution in [0.15, 0.2) is 0 Å². The predicted molar refractivity (Wildman–Crippen MR) is 71.1 cm³/mol. The molecule has 0 spiro atoms. The fourth-order valence-corrected chi connectivity index (χ4v) is 3.41. The summed E-state index contributed by atoms with van der Waals surface area (Å²) in [5, 5.41) is 0. The van der Waals surface area contributed by atoms with Gasteiger partial charge in [-0.2, -0.15) is 0 Å². The van der Waals surface area contributed by atoms with E-state index in [0.717, 1.165) is 18.9 Å². The third kappa shape index (κ3) is 7.10. The van der Waals surface area contributed by atoms with Crippen LogP contribution >= 0.6 is 0 Å². The van der Waals surface area contributed by atoms with Crippen LogP contribution in [-0.2, 0) is 22.8 Å². The monoisotopic (exact) mass is 278 g/mol. The maximum atomic E-state index is 11.0. The Morgan fingerprint density at radius 1 is 1.06 bits per heavy atom. The Hall–Kier alpha value is -0.433. The van der Waals surface area contributed by atoms with E-state index < -0.39 is 8.80 Å². The Kier molecular flexibility index (Phi) is 10.2. The summed E-state index contributed by atoms with van der Waals surface area (Å²) in [7, 11) is 0.511. The minimum absolute atomic E-state index is 0.0889. The highest BCUT2D eigenvalue weighted by Crippen LogP contribution is 2.18. The summed E-state index contributed by atoms with van der Waals surface area (Å²) >= 11 is 0. The second kappa shape index (κ2) is 10.5. The Balaban J connectivity index is 4.03. The van der Waals surface area contributed by atoms with Gasteiger partial charge in [0.1, 0.15) is 0 Å². The van der Waals surface area contributed by atoms with E-state index in [1.54, 1.807) is 21.1 Å². The molecule has 5 nitrogen and oxygen atoms in total. The van der Waals surface area contributed by atoms with Gasteiger partial charge < -0.3 is 18.0 Å². The van der Waals surface area contributed by atoms with Crippen LogP contribution in [0.25, 0.3) is 0 Å². The first kappa shape index (κ1) is 17.6. The molecule has 0 amide bonds. The van der Waals surface area contributed by atoms with Crippen molar-refractivity contribution >= 4 is 14.8 Å². The van der Waals surface area contributed by atoms with E-state index in [9.17, 15) is 4.79 Å². The van der Waals surface area contributed by atoms with Crippen molar-refractivity contribution in [3.05, 3.63) is 0 Å². The van der Waals surface area contributed by atoms with Crippen LogP contribution in [0.2, 0.25) is 6.04 Å². The van der Waals surface area contributed by atoms with Crippen LogP contribution < -0.4 is 0 Å². The predicted octanol–water partition coefficient (Wildman–Crippen LogP) is 2.73. The van der Waals surface area contributed by atoms with Crippen LogP contribution in [0.5, 0.6) is 0 Å². The van der Waals surface area contributed by atoms with Gasteiger partial charge in [-0.05, 0) is 6.42 Å². The molecule has 6 heteroatoms. The average molecular weight is 278 g/mol. The molecule has 0 aromatic carbocycles. The maximum Gasteiger partial charge on any atom is 0.502 e. The van der Waals surface area contributed by atoms with Crippen LogP contribution in [0.1, 0.15) is 46.0 Å². The number of rotatable bonds is 11. The molecule has 0 aromatic heterocycles. The van der Waals surface area contributed by atoms with Gasteiger partial charge in [0.05, 0.1) is 0 Å². The standard InChI is InChI=1S/C12H26O5Si/c1-5-7-8-9-10-18(14-3,15-4)17-11-16-12(13)6-2/h5-11H2,1-4H3. The summed E-state index contributed by atoms with van der Waals surface area (Å²) < 4.78 is 21.2. The summed E-state index contributed by atoms with van der Waals surface area (Å²) in [4.78, 5) is 11.0. The SMILES string of the molecule is CCCCCC[Si](OC)(OC)OCOC(=O)CC. The number of carbonyl (C=O) groups excluding carboxylic acids is 1. The maximum absolute atomic E-state index is 11.0. The molecule has 0 radical (unpaired) electrons. The van der Waals surface area contributed by atoms with E-state index in [-0.39, 0.29) is 12.8 Å². The molecule has 0 fully saturated rings. The van der Waals surface area contributed by atoms with Gasteiger partial charge in [-0.15, -0.1) is 0 Å². The molecule has 0 unspecified atom stereocenters. The lowest BCUT2D eigenvalue weighted by Gasteiger charge is -2.26. The first-order valence-electron chi connectivity index (χ1n) is 6.54. The van der Waals surface area contributed by atoms with Crippen molar-refractivity contribution in [2.75, 3.05) is 21.0 Å². The Bertz CT molecular complexity index is 219. The largest absolute Gasteiger partial charge is 0.502 e. The topological polar surface area (TPSA) is 54.0 Å². The van der Waals surface area contributed by atoms with Gasteiger partial charge in [-0.25, -0.2) is 0 Å². The second-order valence-corrected chi connectivity index (χ2v) is 7.01. The molecule has 0 heterocycles. The van der Waals surface area contributed by atoms with Crippen molar-refractivity contribution in [1.82, 2.24) is 0 Å². The summed E-state index contributed by atoms with van der Waals surface area (Å²) in [5.41, 5.74) is 0. The van der Waals surface area contributed by atoms with Crippen molar-refractivity contribution in [2.24, 2.45) is 0 Å². The Morgan fingerprint density at radius 2 is 1.72 bits per heavy atom. The van der Waals surface area contributed by atoms with Crippen molar-refractivity contribution in [3.8, 4) is 0 Å². The highest BCUT2D eigenvalue weighted by molar-refractivity contribution is 6.60. The van der Waals surface area contributed by atoms with Crippen LogP contribution in [-0.4, -0.2) is 35.8 Å². The number of hydrogen-bond donors (Lipinski definition) is 0. The van der Waals surface area contributed by atoms with Gasteiger partial charge in [-0.3, -0.25) is 4.79 Å². The Labute approximate surface area is 111 Å². The molecule has 0 aliphatic rings. The van der Waals surface area contributed by atoms with E-state index in [1.165, 1.54) is 12.8 Å². The minimum atomic E-state index is -2.65. The first-order valence-corrected chi connectivity index (χ1v) is 8.47. The van der Waals surface area contributed by atoms with E-state index in [0.29, 0.717) is 6.42 Å². The molecule has 0 rings (SSSR count). The highest BCUT2D eigenvalue weighted by atomic mass is 28.4. The molecule has 0 saturated heterocycles. The molecule has 0 N–H and O–H groups in total. The third-order valence-electron chi connectivity index (χ3n) is 2.75. The molecule has 0 bridgehead atoms. The third-order valence-corrected chi connectivity index (χ3v) is 5.51. The molecule has 0 aromatic rings. The molecular formula is C12H26O5Si. The molecule has 0 aliphatic carbocycles. The lowest BCUT2D eigenvalue weighted by Crippen LogP contribution is -2.44. The summed E-state index contributed by atoms with van der Waals surface area (Å²) in [5.74, 6) is -0.281. The van der Waals surface area contributed by atoms with Gasteiger partial charge in [0, 0.05) is 26.7 Å². The highest BCUT2D eigenvalue weighted by Gasteiger charge is 2.38. The van der Waals surface area contributed by atoms with Crippen LogP contribution in [0, 0.1) is 0 Å². The molecule has 18 heavy (non-hydrogen) atoms. The van der Waals surface area contributed by atoms with Gasteiger partial charge >= 0.3 is 14.8 Å². The lowest BCUT2D eigenvalue weighted by molar-refractivity contribution is -0.152. The fourth-order valence-electron chi connectivity index (χ4n) is 1.53. The zero-order valence-corrected chi connectivity index (χ0v) is 13.0. The molecule has 0 saturated carbocycles. The summed E-state index contributed by atoms with van der Waals surface area (Å²) in [6.07, 6.45) is 4.86. The molecule has 0 aliphatic heterocycles. The Morgan fingerprint density at radius 3 is 2.22 bits per heavy atom. The van der Waals surface area contributed by atoms with Crippen molar-refractivity contribution in [1.29, 1.82) is 0 Å². The van der Waals surface area contributed by atoms with E-state index >= 15 is 0 Å². The summed E-state index contributed by atoms with van der Waals surface area (Å²) in [6, 6.07) is 0.754. The van der Waals surface area contributed by atoms with E-state index in [1.807, 2.05) is 0 Å². The molecule has 108 valence electrons. The number of carbonyl (C=O) groups is 1. The van der Waals surface area contributed by atoms with Gasteiger partial charge in [0.25, 0.3) is 0 Å². The summed E-state index contributed by atoms with van der Waals surface area (Å²) in [6.45, 7) is 3.82.